The summed E-state index contributed by atoms with van der Waals surface area (Å²) in [6, 6.07) is 10.7. The van der Waals surface area contributed by atoms with Gasteiger partial charge in [0.25, 0.3) is 0 Å². The molecule has 2 N–H and O–H groups in total. The van der Waals surface area contributed by atoms with E-state index >= 15 is 0 Å². The number of ether oxygens (including phenoxy) is 2. The Bertz CT molecular complexity index is 747. The van der Waals surface area contributed by atoms with Gasteiger partial charge in [0.2, 0.25) is 0 Å². The van der Waals surface area contributed by atoms with E-state index in [0.29, 0.717) is 24.6 Å². The Balaban J connectivity index is 1.95. The maximum Gasteiger partial charge on any atom is 0.191 e. The molecular formula is C19H24FN3O2. The van der Waals surface area contributed by atoms with Gasteiger partial charge in [-0.3, -0.25) is 4.99 Å². The highest BCUT2D eigenvalue weighted by atomic mass is 19.1. The first-order valence-corrected chi connectivity index (χ1v) is 7.97. The van der Waals surface area contributed by atoms with E-state index in [1.54, 1.807) is 34.3 Å². The van der Waals surface area contributed by atoms with Crippen LogP contribution in [0, 0.1) is 12.7 Å². The van der Waals surface area contributed by atoms with Crippen LogP contribution in [0.15, 0.2) is 41.4 Å². The van der Waals surface area contributed by atoms with Gasteiger partial charge in [-0.1, -0.05) is 12.1 Å². The number of halogens is 1. The summed E-state index contributed by atoms with van der Waals surface area (Å²) in [6.45, 7) is 2.86. The van der Waals surface area contributed by atoms with Crippen LogP contribution in [-0.4, -0.2) is 27.2 Å². The molecule has 0 aliphatic rings. The second-order valence-electron chi connectivity index (χ2n) is 5.54. The van der Waals surface area contributed by atoms with Gasteiger partial charge < -0.3 is 20.1 Å². The topological polar surface area (TPSA) is 54.9 Å². The number of aliphatic imine (C=N–C) groups is 1. The van der Waals surface area contributed by atoms with Gasteiger partial charge in [-0.2, -0.15) is 0 Å². The Morgan fingerprint density at radius 3 is 2.44 bits per heavy atom. The third-order valence-corrected chi connectivity index (χ3v) is 3.85. The van der Waals surface area contributed by atoms with Crippen molar-refractivity contribution < 1.29 is 13.9 Å². The lowest BCUT2D eigenvalue weighted by atomic mass is 10.1. The predicted molar refractivity (Wildman–Crippen MR) is 97.7 cm³/mol. The fraction of sp³-hybridized carbons (Fsp3) is 0.316. The zero-order valence-electron chi connectivity index (χ0n) is 15.0. The zero-order valence-corrected chi connectivity index (χ0v) is 15.0. The molecule has 0 radical (unpaired) electrons. The smallest absolute Gasteiger partial charge is 0.191 e. The van der Waals surface area contributed by atoms with Crippen molar-refractivity contribution in [1.29, 1.82) is 0 Å². The van der Waals surface area contributed by atoms with Crippen LogP contribution in [0.1, 0.15) is 16.7 Å². The van der Waals surface area contributed by atoms with Crippen molar-refractivity contribution in [1.82, 2.24) is 10.6 Å². The number of rotatable bonds is 6. The van der Waals surface area contributed by atoms with Gasteiger partial charge in [-0.05, 0) is 36.2 Å². The summed E-state index contributed by atoms with van der Waals surface area (Å²) in [5.74, 6) is 1.95. The van der Waals surface area contributed by atoms with Crippen molar-refractivity contribution >= 4 is 5.96 Å². The lowest BCUT2D eigenvalue weighted by molar-refractivity contribution is 0.390. The molecule has 0 saturated carbocycles. The second-order valence-corrected chi connectivity index (χ2v) is 5.54. The molecule has 2 rings (SSSR count). The van der Waals surface area contributed by atoms with Crippen molar-refractivity contribution in [3.05, 3.63) is 58.9 Å². The minimum atomic E-state index is -0.196. The number of guanidine groups is 1. The molecule has 0 saturated heterocycles. The molecule has 0 amide bonds. The Hall–Kier alpha value is -2.76. The third-order valence-electron chi connectivity index (χ3n) is 3.85. The van der Waals surface area contributed by atoms with Gasteiger partial charge in [0.1, 0.15) is 17.3 Å². The summed E-state index contributed by atoms with van der Waals surface area (Å²) < 4.78 is 23.9. The minimum absolute atomic E-state index is 0.196. The van der Waals surface area contributed by atoms with Gasteiger partial charge in [0.05, 0.1) is 14.2 Å². The number of hydrogen-bond acceptors (Lipinski definition) is 3. The van der Waals surface area contributed by atoms with Crippen molar-refractivity contribution in [3.8, 4) is 11.5 Å². The van der Waals surface area contributed by atoms with Gasteiger partial charge in [0.15, 0.2) is 5.96 Å². The van der Waals surface area contributed by atoms with Crippen LogP contribution >= 0.6 is 0 Å². The zero-order chi connectivity index (χ0) is 18.2. The molecule has 0 spiro atoms. The third kappa shape index (κ3) is 5.11. The molecule has 2 aromatic rings. The first-order valence-electron chi connectivity index (χ1n) is 7.97. The van der Waals surface area contributed by atoms with Crippen LogP contribution in [0.25, 0.3) is 0 Å². The van der Waals surface area contributed by atoms with Crippen LogP contribution in [0.3, 0.4) is 0 Å². The average Bonchev–Trinajstić information content (AvgIpc) is 2.64. The molecule has 0 unspecified atom stereocenters. The molecular weight excluding hydrogens is 321 g/mol. The molecule has 0 aromatic heterocycles. The Labute approximate surface area is 147 Å². The van der Waals surface area contributed by atoms with E-state index in [0.717, 1.165) is 22.6 Å². The van der Waals surface area contributed by atoms with Gasteiger partial charge in [-0.15, -0.1) is 0 Å². The normalized spacial score (nSPS) is 11.2. The van der Waals surface area contributed by atoms with Crippen molar-refractivity contribution in [3.63, 3.8) is 0 Å². The van der Waals surface area contributed by atoms with E-state index in [2.05, 4.69) is 15.6 Å². The Kier molecular flexibility index (Phi) is 6.62. The lowest BCUT2D eigenvalue weighted by Gasteiger charge is -2.14. The minimum Gasteiger partial charge on any atom is -0.497 e. The number of nitrogens with one attached hydrogen (secondary N) is 2. The van der Waals surface area contributed by atoms with Crippen LogP contribution in [0.4, 0.5) is 4.39 Å². The van der Waals surface area contributed by atoms with Crippen LogP contribution in [0.2, 0.25) is 0 Å². The highest BCUT2D eigenvalue weighted by Gasteiger charge is 2.06. The largest absolute Gasteiger partial charge is 0.497 e. The van der Waals surface area contributed by atoms with E-state index in [9.17, 15) is 4.39 Å². The van der Waals surface area contributed by atoms with E-state index < -0.39 is 0 Å². The van der Waals surface area contributed by atoms with Crippen LogP contribution in [-0.2, 0) is 13.1 Å². The monoisotopic (exact) mass is 345 g/mol. The number of aryl methyl sites for hydroxylation is 1. The first kappa shape index (κ1) is 18.6. The summed E-state index contributed by atoms with van der Waals surface area (Å²) in [4.78, 5) is 4.20. The standard InChI is InChI=1S/C19H24FN3O2/c1-13-9-14(5-8-17(13)20)11-22-19(21-2)23-12-15-6-7-16(24-3)10-18(15)25-4/h5-10H,11-12H2,1-4H3,(H2,21,22,23). The van der Waals surface area contributed by atoms with Crippen molar-refractivity contribution in [2.75, 3.05) is 21.3 Å². The first-order chi connectivity index (χ1) is 12.1. The van der Waals surface area contributed by atoms with Gasteiger partial charge >= 0.3 is 0 Å². The average molecular weight is 345 g/mol. The molecule has 2 aromatic carbocycles. The number of methoxy groups -OCH3 is 2. The predicted octanol–water partition coefficient (Wildman–Crippen LogP) is 3.02. The Morgan fingerprint density at radius 2 is 1.80 bits per heavy atom. The number of nitrogens with zero attached hydrogens (tertiary/aromatic N) is 1. The summed E-state index contributed by atoms with van der Waals surface area (Å²) in [5, 5.41) is 6.45. The van der Waals surface area contributed by atoms with Crippen LogP contribution < -0.4 is 20.1 Å². The molecule has 5 nitrogen and oxygen atoms in total. The van der Waals surface area contributed by atoms with Gasteiger partial charge in [-0.25, -0.2) is 4.39 Å². The summed E-state index contributed by atoms with van der Waals surface area (Å²) in [5.41, 5.74) is 2.61. The van der Waals surface area contributed by atoms with Gasteiger partial charge in [0, 0.05) is 31.8 Å². The lowest BCUT2D eigenvalue weighted by Crippen LogP contribution is -2.36. The van der Waals surface area contributed by atoms with E-state index in [-0.39, 0.29) is 5.82 Å². The van der Waals surface area contributed by atoms with E-state index in [1.807, 2.05) is 24.3 Å². The van der Waals surface area contributed by atoms with Crippen molar-refractivity contribution in [2.24, 2.45) is 4.99 Å². The van der Waals surface area contributed by atoms with Crippen LogP contribution in [0.5, 0.6) is 11.5 Å². The molecule has 134 valence electrons. The summed E-state index contributed by atoms with van der Waals surface area (Å²) in [6.07, 6.45) is 0. The number of hydrogen-bond donors (Lipinski definition) is 2. The van der Waals surface area contributed by atoms with E-state index in [1.165, 1.54) is 6.07 Å². The summed E-state index contributed by atoms with van der Waals surface area (Å²) >= 11 is 0. The number of benzene rings is 2. The molecule has 0 aliphatic carbocycles. The molecule has 0 fully saturated rings. The Morgan fingerprint density at radius 1 is 1.04 bits per heavy atom. The quantitative estimate of drug-likeness (QED) is 0.624. The molecule has 6 heteroatoms. The fourth-order valence-corrected chi connectivity index (χ4v) is 2.40. The highest BCUT2D eigenvalue weighted by molar-refractivity contribution is 5.79. The molecule has 0 bridgehead atoms. The molecule has 0 heterocycles. The molecule has 0 aliphatic heterocycles. The van der Waals surface area contributed by atoms with Crippen molar-refractivity contribution in [2.45, 2.75) is 20.0 Å². The highest BCUT2D eigenvalue weighted by Crippen LogP contribution is 2.24. The summed E-state index contributed by atoms with van der Waals surface area (Å²) in [7, 11) is 4.95. The maximum atomic E-state index is 13.3. The maximum absolute atomic E-state index is 13.3. The second kappa shape index (κ2) is 8.92. The SMILES string of the molecule is CN=C(NCc1ccc(F)c(C)c1)NCc1ccc(OC)cc1OC. The molecule has 25 heavy (non-hydrogen) atoms. The fourth-order valence-electron chi connectivity index (χ4n) is 2.40. The van der Waals surface area contributed by atoms with E-state index in [4.69, 9.17) is 9.47 Å². The molecule has 0 atom stereocenters.